The molecule has 146 valence electrons. The summed E-state index contributed by atoms with van der Waals surface area (Å²) in [6.07, 6.45) is 0.689. The number of fused-ring (bicyclic) bond motifs is 1. The van der Waals surface area contributed by atoms with Crippen LogP contribution >= 0.6 is 0 Å². The summed E-state index contributed by atoms with van der Waals surface area (Å²) in [6.45, 7) is 2.95. The summed E-state index contributed by atoms with van der Waals surface area (Å²) in [7, 11) is 1.63. The van der Waals surface area contributed by atoms with E-state index in [4.69, 9.17) is 4.74 Å². The maximum absolute atomic E-state index is 12.3. The second kappa shape index (κ2) is 7.76. The molecule has 0 saturated heterocycles. The van der Waals surface area contributed by atoms with E-state index >= 15 is 0 Å². The van der Waals surface area contributed by atoms with Gasteiger partial charge in [0, 0.05) is 23.0 Å². The third-order valence-electron chi connectivity index (χ3n) is 4.78. The van der Waals surface area contributed by atoms with Gasteiger partial charge in [-0.3, -0.25) is 4.79 Å². The van der Waals surface area contributed by atoms with Crippen LogP contribution in [0.3, 0.4) is 0 Å². The third kappa shape index (κ3) is 4.01. The van der Waals surface area contributed by atoms with Crippen LogP contribution in [0.5, 0.6) is 5.75 Å². The van der Waals surface area contributed by atoms with Crippen molar-refractivity contribution in [1.29, 1.82) is 0 Å². The number of aliphatic carboxylic acids is 1. The minimum absolute atomic E-state index is 0.196. The molecule has 1 heterocycles. The number of para-hydroxylation sites is 1. The van der Waals surface area contributed by atoms with E-state index in [0.29, 0.717) is 6.42 Å². The molecule has 0 spiro atoms. The highest BCUT2D eigenvalue weighted by molar-refractivity contribution is 5.92. The summed E-state index contributed by atoms with van der Waals surface area (Å²) in [5, 5.41) is 12.8. The minimum Gasteiger partial charge on any atom is -0.497 e. The number of benzene rings is 2. The summed E-state index contributed by atoms with van der Waals surface area (Å²) < 4.78 is 5.23. The molecule has 0 saturated carbocycles. The third-order valence-corrected chi connectivity index (χ3v) is 4.78. The van der Waals surface area contributed by atoms with E-state index in [1.54, 1.807) is 7.11 Å². The molecule has 3 N–H and O–H groups in total. The number of methoxy groups -OCH3 is 1. The van der Waals surface area contributed by atoms with Gasteiger partial charge in [0.05, 0.1) is 7.11 Å². The molecular formula is C22H24N2O4. The fourth-order valence-electron chi connectivity index (χ4n) is 3.17. The number of aromatic amines is 1. The molecule has 1 amide bonds. The van der Waals surface area contributed by atoms with Gasteiger partial charge in [-0.05, 0) is 61.7 Å². The van der Waals surface area contributed by atoms with Crippen molar-refractivity contribution in [3.05, 3.63) is 54.1 Å². The number of hydrogen-bond donors (Lipinski definition) is 3. The Hall–Kier alpha value is -3.28. The molecule has 3 aromatic rings. The summed E-state index contributed by atoms with van der Waals surface area (Å²) in [4.78, 5) is 27.0. The molecule has 0 aliphatic heterocycles. The highest BCUT2D eigenvalue weighted by atomic mass is 16.5. The van der Waals surface area contributed by atoms with Crippen molar-refractivity contribution in [2.45, 2.75) is 32.2 Å². The Morgan fingerprint density at radius 1 is 1.11 bits per heavy atom. The molecule has 2 aromatic carbocycles. The molecular weight excluding hydrogens is 356 g/mol. The maximum Gasteiger partial charge on any atom is 0.328 e. The maximum atomic E-state index is 12.3. The number of H-pyrrole nitrogens is 1. The summed E-state index contributed by atoms with van der Waals surface area (Å²) in [6, 6.07) is 15.7. The second-order valence-electron chi connectivity index (χ2n) is 7.23. The van der Waals surface area contributed by atoms with Crippen LogP contribution in [-0.4, -0.2) is 34.6 Å². The van der Waals surface area contributed by atoms with E-state index in [2.05, 4.69) is 10.3 Å². The Morgan fingerprint density at radius 3 is 2.43 bits per heavy atom. The standard InChI is InChI=1S/C22H24N2O4/c1-22(2,21(26)27)24-19(25)13-12-17-16-6-4-5-7-18(16)23-20(17)14-8-10-15(28-3)11-9-14/h4-11,23H,12-13H2,1-3H3,(H,24,25)(H,26,27). The van der Waals surface area contributed by atoms with Gasteiger partial charge in [0.25, 0.3) is 0 Å². The largest absolute Gasteiger partial charge is 0.497 e. The van der Waals surface area contributed by atoms with Crippen molar-refractivity contribution >= 4 is 22.8 Å². The van der Waals surface area contributed by atoms with Crippen LogP contribution < -0.4 is 10.1 Å². The van der Waals surface area contributed by atoms with Gasteiger partial charge in [0.15, 0.2) is 0 Å². The number of carbonyl (C=O) groups excluding carboxylic acids is 1. The number of amides is 1. The van der Waals surface area contributed by atoms with E-state index < -0.39 is 11.5 Å². The van der Waals surface area contributed by atoms with E-state index in [1.807, 2.05) is 48.5 Å². The van der Waals surface area contributed by atoms with Gasteiger partial charge in [0.1, 0.15) is 11.3 Å². The molecule has 0 aliphatic rings. The summed E-state index contributed by atoms with van der Waals surface area (Å²) in [5.74, 6) is -0.582. The quantitative estimate of drug-likeness (QED) is 0.582. The minimum atomic E-state index is -1.30. The molecule has 6 nitrogen and oxygen atoms in total. The van der Waals surface area contributed by atoms with Gasteiger partial charge in [-0.25, -0.2) is 4.79 Å². The van der Waals surface area contributed by atoms with Crippen molar-refractivity contribution in [2.75, 3.05) is 7.11 Å². The lowest BCUT2D eigenvalue weighted by atomic mass is 10.00. The van der Waals surface area contributed by atoms with Gasteiger partial charge < -0.3 is 20.1 Å². The number of ether oxygens (including phenoxy) is 1. The lowest BCUT2D eigenvalue weighted by Crippen LogP contribution is -2.49. The molecule has 0 radical (unpaired) electrons. The Bertz CT molecular complexity index is 1000. The van der Waals surface area contributed by atoms with Crippen LogP contribution in [-0.2, 0) is 16.0 Å². The van der Waals surface area contributed by atoms with Crippen molar-refractivity contribution < 1.29 is 19.4 Å². The second-order valence-corrected chi connectivity index (χ2v) is 7.23. The molecule has 0 fully saturated rings. The van der Waals surface area contributed by atoms with Gasteiger partial charge in [0.2, 0.25) is 5.91 Å². The smallest absolute Gasteiger partial charge is 0.328 e. The Kier molecular flexibility index (Phi) is 5.40. The molecule has 0 aliphatic carbocycles. The summed E-state index contributed by atoms with van der Waals surface area (Å²) >= 11 is 0. The molecule has 0 unspecified atom stereocenters. The highest BCUT2D eigenvalue weighted by Crippen LogP contribution is 2.32. The van der Waals surface area contributed by atoms with Crippen LogP contribution in [0.15, 0.2) is 48.5 Å². The fourth-order valence-corrected chi connectivity index (χ4v) is 3.17. The van der Waals surface area contributed by atoms with Crippen LogP contribution in [0, 0.1) is 0 Å². The predicted octanol–water partition coefficient (Wildman–Crippen LogP) is 3.76. The summed E-state index contributed by atoms with van der Waals surface area (Å²) in [5.41, 5.74) is 2.68. The van der Waals surface area contributed by atoms with Crippen molar-refractivity contribution in [3.8, 4) is 17.0 Å². The zero-order valence-corrected chi connectivity index (χ0v) is 16.2. The molecule has 3 rings (SSSR count). The lowest BCUT2D eigenvalue weighted by molar-refractivity contribution is -0.146. The lowest BCUT2D eigenvalue weighted by Gasteiger charge is -2.21. The van der Waals surface area contributed by atoms with E-state index in [-0.39, 0.29) is 12.3 Å². The van der Waals surface area contributed by atoms with Gasteiger partial charge in [-0.15, -0.1) is 0 Å². The Morgan fingerprint density at radius 2 is 1.79 bits per heavy atom. The first-order chi connectivity index (χ1) is 13.3. The average molecular weight is 380 g/mol. The fraction of sp³-hybridized carbons (Fsp3) is 0.273. The molecule has 0 bridgehead atoms. The van der Waals surface area contributed by atoms with Crippen LogP contribution in [0.2, 0.25) is 0 Å². The number of hydrogen-bond acceptors (Lipinski definition) is 3. The number of carbonyl (C=O) groups is 2. The monoisotopic (exact) mass is 380 g/mol. The number of aryl methyl sites for hydroxylation is 1. The molecule has 1 aromatic heterocycles. The number of aromatic nitrogens is 1. The first-order valence-corrected chi connectivity index (χ1v) is 9.10. The molecule has 0 atom stereocenters. The normalized spacial score (nSPS) is 11.4. The van der Waals surface area contributed by atoms with E-state index in [0.717, 1.165) is 33.5 Å². The van der Waals surface area contributed by atoms with E-state index in [9.17, 15) is 14.7 Å². The van der Waals surface area contributed by atoms with Crippen molar-refractivity contribution in [2.24, 2.45) is 0 Å². The Balaban J connectivity index is 1.89. The number of carboxylic acid groups (broad SMARTS) is 1. The van der Waals surface area contributed by atoms with Gasteiger partial charge in [-0.2, -0.15) is 0 Å². The Labute approximate surface area is 163 Å². The zero-order chi connectivity index (χ0) is 20.3. The van der Waals surface area contributed by atoms with Crippen LogP contribution in [0.1, 0.15) is 25.8 Å². The van der Waals surface area contributed by atoms with Gasteiger partial charge >= 0.3 is 5.97 Å². The number of rotatable bonds is 7. The molecule has 6 heteroatoms. The SMILES string of the molecule is COc1ccc(-c2[nH]c3ccccc3c2CCC(=O)NC(C)(C)C(=O)O)cc1. The van der Waals surface area contributed by atoms with Gasteiger partial charge in [-0.1, -0.05) is 18.2 Å². The first kappa shape index (κ1) is 19.5. The first-order valence-electron chi connectivity index (χ1n) is 9.10. The highest BCUT2D eigenvalue weighted by Gasteiger charge is 2.28. The number of nitrogens with one attached hydrogen (secondary N) is 2. The van der Waals surface area contributed by atoms with Crippen molar-refractivity contribution in [1.82, 2.24) is 10.3 Å². The van der Waals surface area contributed by atoms with E-state index in [1.165, 1.54) is 13.8 Å². The zero-order valence-electron chi connectivity index (χ0n) is 16.2. The number of carboxylic acids is 1. The predicted molar refractivity (Wildman–Crippen MR) is 108 cm³/mol. The van der Waals surface area contributed by atoms with Crippen LogP contribution in [0.4, 0.5) is 0 Å². The average Bonchev–Trinajstić information content (AvgIpc) is 3.04. The molecule has 28 heavy (non-hydrogen) atoms. The van der Waals surface area contributed by atoms with Crippen LogP contribution in [0.25, 0.3) is 22.2 Å². The van der Waals surface area contributed by atoms with Crippen molar-refractivity contribution in [3.63, 3.8) is 0 Å². The topological polar surface area (TPSA) is 91.4 Å².